The van der Waals surface area contributed by atoms with Gasteiger partial charge in [0.05, 0.1) is 11.4 Å². The Bertz CT molecular complexity index is 565. The first-order chi connectivity index (χ1) is 8.81. The van der Waals surface area contributed by atoms with Crippen molar-refractivity contribution < 1.29 is 8.42 Å². The molecule has 1 heterocycles. The second-order valence-electron chi connectivity index (χ2n) is 5.41. The molecule has 0 amide bonds. The third-order valence-corrected chi connectivity index (χ3v) is 5.53. The molecular formula is C12H22N4O2S. The zero-order valence-electron chi connectivity index (χ0n) is 11.7. The van der Waals surface area contributed by atoms with Crippen LogP contribution in [0.3, 0.4) is 0 Å². The molecule has 1 aromatic heterocycles. The number of sulfonamides is 1. The van der Waals surface area contributed by atoms with Crippen LogP contribution >= 0.6 is 0 Å². The first-order valence-corrected chi connectivity index (χ1v) is 8.05. The summed E-state index contributed by atoms with van der Waals surface area (Å²) < 4.78 is 28.9. The van der Waals surface area contributed by atoms with E-state index in [9.17, 15) is 8.42 Å². The minimum Gasteiger partial charge on any atom is -0.328 e. The lowest BCUT2D eigenvalue weighted by atomic mass is 10.1. The molecule has 6 nitrogen and oxygen atoms in total. The Labute approximate surface area is 114 Å². The third kappa shape index (κ3) is 2.98. The molecule has 0 saturated heterocycles. The van der Waals surface area contributed by atoms with E-state index in [4.69, 9.17) is 5.73 Å². The van der Waals surface area contributed by atoms with Gasteiger partial charge in [-0.25, -0.2) is 13.1 Å². The predicted octanol–water partition coefficient (Wildman–Crippen LogP) is 0.443. The van der Waals surface area contributed by atoms with E-state index in [1.54, 1.807) is 25.6 Å². The smallest absolute Gasteiger partial charge is 0.244 e. The van der Waals surface area contributed by atoms with Crippen LogP contribution in [0.25, 0.3) is 0 Å². The number of aromatic nitrogens is 2. The molecule has 0 aromatic carbocycles. The number of nitrogens with one attached hydrogen (secondary N) is 1. The standard InChI is InChI=1S/C12H22N4O2S/c1-8-12(9(2)16(3)15-8)19(17,18)14-7-10-4-5-11(13)6-10/h10-11,14H,4-7,13H2,1-3H3. The molecule has 7 heteroatoms. The summed E-state index contributed by atoms with van der Waals surface area (Å²) in [4.78, 5) is 0.303. The number of hydrogen-bond donors (Lipinski definition) is 2. The highest BCUT2D eigenvalue weighted by atomic mass is 32.2. The average molecular weight is 286 g/mol. The third-order valence-electron chi connectivity index (χ3n) is 3.86. The van der Waals surface area contributed by atoms with Crippen LogP contribution in [-0.2, 0) is 17.1 Å². The second-order valence-corrected chi connectivity index (χ2v) is 7.12. The van der Waals surface area contributed by atoms with E-state index in [2.05, 4.69) is 9.82 Å². The maximum absolute atomic E-state index is 12.3. The lowest BCUT2D eigenvalue weighted by Gasteiger charge is -2.12. The van der Waals surface area contributed by atoms with Gasteiger partial charge < -0.3 is 5.73 Å². The van der Waals surface area contributed by atoms with E-state index >= 15 is 0 Å². The van der Waals surface area contributed by atoms with Gasteiger partial charge in [0.25, 0.3) is 0 Å². The van der Waals surface area contributed by atoms with Gasteiger partial charge in [0.1, 0.15) is 4.90 Å². The van der Waals surface area contributed by atoms with Crippen LogP contribution in [-0.4, -0.2) is 30.8 Å². The van der Waals surface area contributed by atoms with E-state index in [0.717, 1.165) is 19.3 Å². The summed E-state index contributed by atoms with van der Waals surface area (Å²) in [6.07, 6.45) is 2.87. The molecule has 1 saturated carbocycles. The van der Waals surface area contributed by atoms with Crippen molar-refractivity contribution in [3.05, 3.63) is 11.4 Å². The molecule has 2 rings (SSSR count). The van der Waals surface area contributed by atoms with Crippen molar-refractivity contribution in [3.63, 3.8) is 0 Å². The topological polar surface area (TPSA) is 90.0 Å². The lowest BCUT2D eigenvalue weighted by Crippen LogP contribution is -2.30. The van der Waals surface area contributed by atoms with E-state index in [-0.39, 0.29) is 6.04 Å². The zero-order chi connectivity index (χ0) is 14.2. The number of hydrogen-bond acceptors (Lipinski definition) is 4. The van der Waals surface area contributed by atoms with Crippen molar-refractivity contribution in [2.24, 2.45) is 18.7 Å². The van der Waals surface area contributed by atoms with Gasteiger partial charge in [-0.3, -0.25) is 4.68 Å². The number of nitrogens with two attached hydrogens (primary N) is 1. The lowest BCUT2D eigenvalue weighted by molar-refractivity contribution is 0.512. The molecular weight excluding hydrogens is 264 g/mol. The molecule has 2 atom stereocenters. The fourth-order valence-corrected chi connectivity index (χ4v) is 4.29. The summed E-state index contributed by atoms with van der Waals surface area (Å²) in [6, 6.07) is 0.219. The summed E-state index contributed by atoms with van der Waals surface area (Å²) >= 11 is 0. The van der Waals surface area contributed by atoms with E-state index in [1.807, 2.05) is 0 Å². The van der Waals surface area contributed by atoms with Crippen LogP contribution < -0.4 is 10.5 Å². The summed E-state index contributed by atoms with van der Waals surface area (Å²) in [5.41, 5.74) is 7.03. The maximum atomic E-state index is 12.3. The molecule has 1 fully saturated rings. The van der Waals surface area contributed by atoms with Gasteiger partial charge in [-0.15, -0.1) is 0 Å². The highest BCUT2D eigenvalue weighted by Gasteiger charge is 2.27. The largest absolute Gasteiger partial charge is 0.328 e. The average Bonchev–Trinajstić information content (AvgIpc) is 2.82. The molecule has 0 spiro atoms. The molecule has 1 aliphatic rings. The Morgan fingerprint density at radius 1 is 1.42 bits per heavy atom. The van der Waals surface area contributed by atoms with E-state index < -0.39 is 10.0 Å². The van der Waals surface area contributed by atoms with Crippen LogP contribution in [0.4, 0.5) is 0 Å². The van der Waals surface area contributed by atoms with Crippen LogP contribution in [0.15, 0.2) is 4.90 Å². The Morgan fingerprint density at radius 3 is 2.58 bits per heavy atom. The Balaban J connectivity index is 2.10. The summed E-state index contributed by atoms with van der Waals surface area (Å²) in [5, 5.41) is 4.15. The normalized spacial score (nSPS) is 24.0. The van der Waals surface area contributed by atoms with Crippen molar-refractivity contribution >= 4 is 10.0 Å². The van der Waals surface area contributed by atoms with Crippen molar-refractivity contribution in [2.45, 2.75) is 44.0 Å². The molecule has 108 valence electrons. The quantitative estimate of drug-likeness (QED) is 0.840. The SMILES string of the molecule is Cc1nn(C)c(C)c1S(=O)(=O)NCC1CCC(N)C1. The van der Waals surface area contributed by atoms with Gasteiger partial charge in [0.15, 0.2) is 0 Å². The monoisotopic (exact) mass is 286 g/mol. The van der Waals surface area contributed by atoms with Crippen LogP contribution in [0, 0.1) is 19.8 Å². The molecule has 0 radical (unpaired) electrons. The first-order valence-electron chi connectivity index (χ1n) is 6.56. The summed E-state index contributed by atoms with van der Waals surface area (Å²) in [6.45, 7) is 3.94. The Hall–Kier alpha value is -0.920. The van der Waals surface area contributed by atoms with Crippen molar-refractivity contribution in [3.8, 4) is 0 Å². The molecule has 3 N–H and O–H groups in total. The minimum absolute atomic E-state index is 0.219. The maximum Gasteiger partial charge on any atom is 0.244 e. The van der Waals surface area contributed by atoms with Crippen LogP contribution in [0.1, 0.15) is 30.7 Å². The molecule has 2 unspecified atom stereocenters. The molecule has 19 heavy (non-hydrogen) atoms. The van der Waals surface area contributed by atoms with Crippen LogP contribution in [0.5, 0.6) is 0 Å². The molecule has 1 aliphatic carbocycles. The first kappa shape index (κ1) is 14.5. The fraction of sp³-hybridized carbons (Fsp3) is 0.750. The second kappa shape index (κ2) is 5.22. The molecule has 1 aromatic rings. The van der Waals surface area contributed by atoms with Gasteiger partial charge in [-0.05, 0) is 39.0 Å². The van der Waals surface area contributed by atoms with Gasteiger partial charge in [0, 0.05) is 19.6 Å². The van der Waals surface area contributed by atoms with Gasteiger partial charge in [-0.1, -0.05) is 0 Å². The van der Waals surface area contributed by atoms with Crippen molar-refractivity contribution in [2.75, 3.05) is 6.54 Å². The van der Waals surface area contributed by atoms with E-state index in [0.29, 0.717) is 28.7 Å². The van der Waals surface area contributed by atoms with Crippen LogP contribution in [0.2, 0.25) is 0 Å². The predicted molar refractivity (Wildman–Crippen MR) is 73.2 cm³/mol. The highest BCUT2D eigenvalue weighted by Crippen LogP contribution is 2.24. The van der Waals surface area contributed by atoms with E-state index in [1.165, 1.54) is 0 Å². The fourth-order valence-electron chi connectivity index (χ4n) is 2.74. The molecule has 0 aliphatic heterocycles. The summed E-state index contributed by atoms with van der Waals surface area (Å²) in [7, 11) is -1.73. The summed E-state index contributed by atoms with van der Waals surface area (Å²) in [5.74, 6) is 0.349. The zero-order valence-corrected chi connectivity index (χ0v) is 12.5. The van der Waals surface area contributed by atoms with Gasteiger partial charge in [0.2, 0.25) is 10.0 Å². The highest BCUT2D eigenvalue weighted by molar-refractivity contribution is 7.89. The van der Waals surface area contributed by atoms with Gasteiger partial charge >= 0.3 is 0 Å². The van der Waals surface area contributed by atoms with Gasteiger partial charge in [-0.2, -0.15) is 5.10 Å². The Morgan fingerprint density at radius 2 is 2.11 bits per heavy atom. The number of rotatable bonds is 4. The molecule has 0 bridgehead atoms. The van der Waals surface area contributed by atoms with Crippen molar-refractivity contribution in [1.29, 1.82) is 0 Å². The Kier molecular flexibility index (Phi) is 3.98. The number of nitrogens with zero attached hydrogens (tertiary/aromatic N) is 2. The number of aryl methyl sites for hydroxylation is 2. The van der Waals surface area contributed by atoms with Crippen molar-refractivity contribution in [1.82, 2.24) is 14.5 Å². The minimum atomic E-state index is -3.48.